The van der Waals surface area contributed by atoms with Crippen molar-refractivity contribution in [3.63, 3.8) is 0 Å². The third kappa shape index (κ3) is 4.43. The number of carbonyl (C=O) groups is 2. The van der Waals surface area contributed by atoms with E-state index in [1.54, 1.807) is 36.4 Å². The molecule has 1 aromatic carbocycles. The fraction of sp³-hybridized carbons (Fsp3) is 0. The van der Waals surface area contributed by atoms with Gasteiger partial charge in [0, 0.05) is 29.1 Å². The van der Waals surface area contributed by atoms with Crippen LogP contribution in [0.2, 0.25) is 5.02 Å². The first-order valence-electron chi connectivity index (χ1n) is 6.10. The van der Waals surface area contributed by atoms with Gasteiger partial charge in [0.25, 0.3) is 11.8 Å². The van der Waals surface area contributed by atoms with Crippen LogP contribution in [-0.2, 0) is 4.79 Å². The molecule has 2 rings (SSSR count). The molecule has 2 amide bonds. The summed E-state index contributed by atoms with van der Waals surface area (Å²) in [5.74, 6) is -0.880. The van der Waals surface area contributed by atoms with Crippen LogP contribution in [0.5, 0.6) is 0 Å². The van der Waals surface area contributed by atoms with E-state index in [9.17, 15) is 9.59 Å². The maximum atomic E-state index is 11.7. The predicted octanol–water partition coefficient (Wildman–Crippen LogP) is 2.21. The molecule has 0 fully saturated rings. The van der Waals surface area contributed by atoms with E-state index in [0.717, 1.165) is 5.56 Å². The monoisotopic (exact) mass is 301 g/mol. The standard InChI is InChI=1S/C15H12ClN3O2/c16-13-4-2-1-3-11(13)5-6-14(20)18-19-15(21)12-7-9-17-10-8-12/h1-10H,(H,18,20)(H,19,21). The Morgan fingerprint density at radius 2 is 1.76 bits per heavy atom. The Morgan fingerprint density at radius 3 is 2.48 bits per heavy atom. The minimum absolute atomic E-state index is 0.403. The third-order valence-electron chi connectivity index (χ3n) is 2.56. The first-order valence-corrected chi connectivity index (χ1v) is 6.47. The zero-order chi connectivity index (χ0) is 15.1. The summed E-state index contributed by atoms with van der Waals surface area (Å²) >= 11 is 5.96. The summed E-state index contributed by atoms with van der Waals surface area (Å²) in [6.45, 7) is 0. The van der Waals surface area contributed by atoms with Crippen LogP contribution in [0.15, 0.2) is 54.9 Å². The molecular weight excluding hydrogens is 290 g/mol. The number of pyridine rings is 1. The highest BCUT2D eigenvalue weighted by Crippen LogP contribution is 2.15. The van der Waals surface area contributed by atoms with Crippen LogP contribution >= 0.6 is 11.6 Å². The SMILES string of the molecule is O=C(C=Cc1ccccc1Cl)NNC(=O)c1ccncc1. The lowest BCUT2D eigenvalue weighted by molar-refractivity contribution is -0.117. The second-order valence-electron chi connectivity index (χ2n) is 4.03. The molecule has 0 aliphatic carbocycles. The summed E-state index contributed by atoms with van der Waals surface area (Å²) < 4.78 is 0. The second kappa shape index (κ2) is 7.21. The lowest BCUT2D eigenvalue weighted by atomic mass is 10.2. The van der Waals surface area contributed by atoms with E-state index in [1.807, 2.05) is 6.07 Å². The van der Waals surface area contributed by atoms with Crippen LogP contribution in [0.1, 0.15) is 15.9 Å². The van der Waals surface area contributed by atoms with E-state index in [4.69, 9.17) is 11.6 Å². The number of carbonyl (C=O) groups excluding carboxylic acids is 2. The summed E-state index contributed by atoms with van der Waals surface area (Å²) in [4.78, 5) is 27.1. The molecule has 0 aliphatic heterocycles. The molecule has 0 spiro atoms. The summed E-state index contributed by atoms with van der Waals surface area (Å²) in [6.07, 6.45) is 5.84. The van der Waals surface area contributed by atoms with Gasteiger partial charge in [-0.25, -0.2) is 0 Å². The van der Waals surface area contributed by atoms with Crippen molar-refractivity contribution in [1.82, 2.24) is 15.8 Å². The molecule has 0 aliphatic rings. The van der Waals surface area contributed by atoms with Gasteiger partial charge in [-0.15, -0.1) is 0 Å². The summed E-state index contributed by atoms with van der Waals surface area (Å²) in [6, 6.07) is 10.2. The first-order chi connectivity index (χ1) is 10.2. The van der Waals surface area contributed by atoms with Gasteiger partial charge in [-0.1, -0.05) is 29.8 Å². The van der Waals surface area contributed by atoms with Crippen LogP contribution in [0.25, 0.3) is 6.08 Å². The van der Waals surface area contributed by atoms with E-state index < -0.39 is 11.8 Å². The normalized spacial score (nSPS) is 10.3. The first kappa shape index (κ1) is 14.7. The average Bonchev–Trinajstić information content (AvgIpc) is 2.52. The summed E-state index contributed by atoms with van der Waals surface area (Å²) in [7, 11) is 0. The molecule has 0 unspecified atom stereocenters. The molecule has 106 valence electrons. The van der Waals surface area contributed by atoms with E-state index in [2.05, 4.69) is 15.8 Å². The molecule has 0 radical (unpaired) electrons. The smallest absolute Gasteiger partial charge is 0.268 e. The molecule has 21 heavy (non-hydrogen) atoms. The number of benzene rings is 1. The number of hydrogen-bond acceptors (Lipinski definition) is 3. The van der Waals surface area contributed by atoms with Gasteiger partial charge in [-0.3, -0.25) is 25.4 Å². The van der Waals surface area contributed by atoms with E-state index >= 15 is 0 Å². The summed E-state index contributed by atoms with van der Waals surface area (Å²) in [5, 5.41) is 0.544. The Bertz CT molecular complexity index is 672. The number of nitrogens with one attached hydrogen (secondary N) is 2. The lowest BCUT2D eigenvalue weighted by Crippen LogP contribution is -2.40. The molecular formula is C15H12ClN3O2. The van der Waals surface area contributed by atoms with Crippen molar-refractivity contribution in [3.05, 3.63) is 71.0 Å². The zero-order valence-corrected chi connectivity index (χ0v) is 11.7. The highest BCUT2D eigenvalue weighted by Gasteiger charge is 2.04. The Hall–Kier alpha value is -2.66. The van der Waals surface area contributed by atoms with Gasteiger partial charge in [-0.05, 0) is 29.8 Å². The number of aromatic nitrogens is 1. The van der Waals surface area contributed by atoms with Crippen LogP contribution in [0.4, 0.5) is 0 Å². The molecule has 5 nitrogen and oxygen atoms in total. The largest absolute Gasteiger partial charge is 0.269 e. The highest BCUT2D eigenvalue weighted by atomic mass is 35.5. The number of halogens is 1. The quantitative estimate of drug-likeness (QED) is 0.674. The van der Waals surface area contributed by atoms with Crippen molar-refractivity contribution in [3.8, 4) is 0 Å². The molecule has 0 bridgehead atoms. The minimum Gasteiger partial charge on any atom is -0.268 e. The van der Waals surface area contributed by atoms with E-state index in [0.29, 0.717) is 10.6 Å². The molecule has 0 saturated carbocycles. The summed E-state index contributed by atoms with van der Waals surface area (Å²) in [5.41, 5.74) is 5.70. The maximum absolute atomic E-state index is 11.7. The predicted molar refractivity (Wildman–Crippen MR) is 80.3 cm³/mol. The molecule has 0 atom stereocenters. The molecule has 1 aromatic heterocycles. The average molecular weight is 302 g/mol. The van der Waals surface area contributed by atoms with Crippen molar-refractivity contribution in [2.75, 3.05) is 0 Å². The van der Waals surface area contributed by atoms with Crippen LogP contribution in [0, 0.1) is 0 Å². The Labute approximate surface area is 126 Å². The molecule has 2 aromatic rings. The van der Waals surface area contributed by atoms with Crippen LogP contribution in [-0.4, -0.2) is 16.8 Å². The van der Waals surface area contributed by atoms with Gasteiger partial charge in [0.1, 0.15) is 0 Å². The minimum atomic E-state index is -0.461. The maximum Gasteiger partial charge on any atom is 0.269 e. The van der Waals surface area contributed by atoms with Crippen molar-refractivity contribution < 1.29 is 9.59 Å². The van der Waals surface area contributed by atoms with Crippen molar-refractivity contribution in [1.29, 1.82) is 0 Å². The topological polar surface area (TPSA) is 71.1 Å². The van der Waals surface area contributed by atoms with E-state index in [1.165, 1.54) is 18.5 Å². The van der Waals surface area contributed by atoms with Gasteiger partial charge in [0.05, 0.1) is 0 Å². The number of rotatable bonds is 3. The van der Waals surface area contributed by atoms with Crippen molar-refractivity contribution in [2.45, 2.75) is 0 Å². The van der Waals surface area contributed by atoms with Gasteiger partial charge in [0.15, 0.2) is 0 Å². The Morgan fingerprint density at radius 1 is 1.05 bits per heavy atom. The molecule has 2 N–H and O–H groups in total. The van der Waals surface area contributed by atoms with Crippen molar-refractivity contribution >= 4 is 29.5 Å². The third-order valence-corrected chi connectivity index (χ3v) is 2.91. The highest BCUT2D eigenvalue weighted by molar-refractivity contribution is 6.32. The number of hydrazine groups is 1. The van der Waals surface area contributed by atoms with Gasteiger partial charge < -0.3 is 0 Å². The van der Waals surface area contributed by atoms with Crippen LogP contribution < -0.4 is 10.9 Å². The molecule has 6 heteroatoms. The molecule has 1 heterocycles. The fourth-order valence-corrected chi connectivity index (χ4v) is 1.71. The lowest BCUT2D eigenvalue weighted by Gasteiger charge is -2.04. The van der Waals surface area contributed by atoms with Crippen LogP contribution in [0.3, 0.4) is 0 Å². The zero-order valence-electron chi connectivity index (χ0n) is 10.9. The fourth-order valence-electron chi connectivity index (χ4n) is 1.51. The Balaban J connectivity index is 1.88. The molecule has 0 saturated heterocycles. The second-order valence-corrected chi connectivity index (χ2v) is 4.44. The van der Waals surface area contributed by atoms with Gasteiger partial charge >= 0.3 is 0 Å². The van der Waals surface area contributed by atoms with Gasteiger partial charge in [0.2, 0.25) is 0 Å². The number of nitrogens with zero attached hydrogens (tertiary/aromatic N) is 1. The Kier molecular flexibility index (Phi) is 5.06. The number of hydrogen-bond donors (Lipinski definition) is 2. The number of amides is 2. The van der Waals surface area contributed by atoms with Crippen molar-refractivity contribution in [2.24, 2.45) is 0 Å². The van der Waals surface area contributed by atoms with E-state index in [-0.39, 0.29) is 0 Å². The van der Waals surface area contributed by atoms with Gasteiger partial charge in [-0.2, -0.15) is 0 Å².